The van der Waals surface area contributed by atoms with Crippen LogP contribution in [0.1, 0.15) is 16.4 Å². The Kier molecular flexibility index (Phi) is 5.22. The van der Waals surface area contributed by atoms with Gasteiger partial charge in [0.25, 0.3) is 5.82 Å². The van der Waals surface area contributed by atoms with Crippen molar-refractivity contribution in [2.24, 2.45) is 0 Å². The molecule has 0 atom stereocenters. The Bertz CT molecular complexity index is 1350. The average Bonchev–Trinajstić information content (AvgIpc) is 3.59. The molecule has 0 bridgehead atoms. The lowest BCUT2D eigenvalue weighted by atomic mass is 10.3. The molecule has 0 saturated heterocycles. The molecule has 5 rings (SSSR count). The molecule has 0 N–H and O–H groups in total. The Hall–Kier alpha value is -4.25. The summed E-state index contributed by atoms with van der Waals surface area (Å²) in [4.78, 5) is 17.9. The third-order valence-electron chi connectivity index (χ3n) is 4.47. The summed E-state index contributed by atoms with van der Waals surface area (Å²) in [7, 11) is 0. The number of ether oxygens (including phenoxy) is 1. The van der Waals surface area contributed by atoms with Gasteiger partial charge >= 0.3 is 5.97 Å². The Morgan fingerprint density at radius 1 is 0.969 bits per heavy atom. The molecule has 0 aliphatic rings. The number of benzene rings is 2. The van der Waals surface area contributed by atoms with Crippen LogP contribution < -0.4 is 0 Å². The van der Waals surface area contributed by atoms with Gasteiger partial charge in [-0.3, -0.25) is 0 Å². The molecule has 0 radical (unpaired) electrons. The van der Waals surface area contributed by atoms with Crippen molar-refractivity contribution in [1.82, 2.24) is 35.0 Å². The molecule has 9 nitrogen and oxygen atoms in total. The molecule has 0 aliphatic carbocycles. The van der Waals surface area contributed by atoms with Crippen molar-refractivity contribution in [3.8, 4) is 22.1 Å². The molecule has 2 aromatic carbocycles. The largest absolute Gasteiger partial charge is 0.451 e. The van der Waals surface area contributed by atoms with Crippen LogP contribution in [-0.4, -0.2) is 40.9 Å². The van der Waals surface area contributed by atoms with E-state index in [9.17, 15) is 9.18 Å². The van der Waals surface area contributed by atoms with Crippen LogP contribution in [0.25, 0.3) is 22.1 Å². The van der Waals surface area contributed by atoms with Crippen molar-refractivity contribution in [2.45, 2.75) is 6.61 Å². The van der Waals surface area contributed by atoms with Crippen molar-refractivity contribution < 1.29 is 13.9 Å². The standard InChI is InChI=1S/C21H14FN7O2S/c22-14-8-10-16(11-9-14)29-20(17-7-4-12-32-17)23-19(25-29)21(30)31-13-18-24-26-27-28(18)15-5-2-1-3-6-15/h1-12H,13H2. The second kappa shape index (κ2) is 8.47. The minimum atomic E-state index is -0.730. The summed E-state index contributed by atoms with van der Waals surface area (Å²) in [6.45, 7) is -0.167. The number of aromatic nitrogens is 7. The van der Waals surface area contributed by atoms with Crippen molar-refractivity contribution >= 4 is 17.3 Å². The highest BCUT2D eigenvalue weighted by Gasteiger charge is 2.21. The van der Waals surface area contributed by atoms with Gasteiger partial charge in [0.2, 0.25) is 0 Å². The normalized spacial score (nSPS) is 10.9. The third-order valence-corrected chi connectivity index (χ3v) is 5.34. The molecule has 158 valence electrons. The van der Waals surface area contributed by atoms with Crippen LogP contribution in [0.2, 0.25) is 0 Å². The van der Waals surface area contributed by atoms with Crippen LogP contribution in [0.4, 0.5) is 4.39 Å². The minimum Gasteiger partial charge on any atom is -0.451 e. The molecule has 0 unspecified atom stereocenters. The topological polar surface area (TPSA) is 101 Å². The molecular weight excluding hydrogens is 433 g/mol. The van der Waals surface area contributed by atoms with Crippen molar-refractivity contribution in [3.05, 3.63) is 89.6 Å². The van der Waals surface area contributed by atoms with E-state index in [0.717, 1.165) is 10.6 Å². The second-order valence-electron chi connectivity index (χ2n) is 6.54. The smallest absolute Gasteiger partial charge is 0.378 e. The zero-order valence-corrected chi connectivity index (χ0v) is 17.2. The van der Waals surface area contributed by atoms with Gasteiger partial charge in [-0.2, -0.15) is 9.67 Å². The summed E-state index contributed by atoms with van der Waals surface area (Å²) in [6.07, 6.45) is 0. The predicted molar refractivity (Wildman–Crippen MR) is 113 cm³/mol. The first-order valence-corrected chi connectivity index (χ1v) is 10.3. The van der Waals surface area contributed by atoms with Crippen LogP contribution in [0, 0.1) is 5.82 Å². The van der Waals surface area contributed by atoms with Crippen LogP contribution >= 0.6 is 11.3 Å². The first-order valence-electron chi connectivity index (χ1n) is 9.46. The number of nitrogens with zero attached hydrogens (tertiary/aromatic N) is 7. The lowest BCUT2D eigenvalue weighted by molar-refractivity contribution is 0.0445. The molecule has 11 heteroatoms. The molecule has 32 heavy (non-hydrogen) atoms. The van der Waals surface area contributed by atoms with Gasteiger partial charge in [0.15, 0.2) is 18.3 Å². The first-order chi connectivity index (χ1) is 15.7. The molecule has 0 saturated carbocycles. The van der Waals surface area contributed by atoms with Crippen LogP contribution in [0.3, 0.4) is 0 Å². The summed E-state index contributed by atoms with van der Waals surface area (Å²) in [5.74, 6) is -0.432. The monoisotopic (exact) mass is 447 g/mol. The van der Waals surface area contributed by atoms with E-state index in [4.69, 9.17) is 4.74 Å². The number of carbonyl (C=O) groups excluding carboxylic acids is 1. The number of hydrogen-bond donors (Lipinski definition) is 0. The van der Waals surface area contributed by atoms with Crippen LogP contribution in [0.15, 0.2) is 72.1 Å². The minimum absolute atomic E-state index is 0.128. The fourth-order valence-corrected chi connectivity index (χ4v) is 3.68. The maximum Gasteiger partial charge on any atom is 0.378 e. The van der Waals surface area contributed by atoms with E-state index in [2.05, 4.69) is 25.6 Å². The highest BCUT2D eigenvalue weighted by Crippen LogP contribution is 2.26. The molecule has 0 spiro atoms. The number of esters is 1. The van der Waals surface area contributed by atoms with E-state index >= 15 is 0 Å². The van der Waals surface area contributed by atoms with Crippen molar-refractivity contribution in [3.63, 3.8) is 0 Å². The fraction of sp³-hybridized carbons (Fsp3) is 0.0476. The van der Waals surface area contributed by atoms with Gasteiger partial charge in [-0.25, -0.2) is 13.9 Å². The molecule has 0 amide bonds. The average molecular weight is 447 g/mol. The number of thiophene rings is 1. The molecule has 3 heterocycles. The highest BCUT2D eigenvalue weighted by molar-refractivity contribution is 7.13. The van der Waals surface area contributed by atoms with Gasteiger partial charge < -0.3 is 4.74 Å². The zero-order chi connectivity index (χ0) is 21.9. The quantitative estimate of drug-likeness (QED) is 0.367. The van der Waals surface area contributed by atoms with Crippen LogP contribution in [-0.2, 0) is 11.3 Å². The Balaban J connectivity index is 1.41. The Morgan fingerprint density at radius 3 is 2.50 bits per heavy atom. The van der Waals surface area contributed by atoms with Gasteiger partial charge in [-0.05, 0) is 58.3 Å². The van der Waals surface area contributed by atoms with Gasteiger partial charge in [0, 0.05) is 0 Å². The lowest BCUT2D eigenvalue weighted by Crippen LogP contribution is -2.11. The number of para-hydroxylation sites is 1. The van der Waals surface area contributed by atoms with Gasteiger partial charge in [0.1, 0.15) is 5.82 Å². The predicted octanol–water partition coefficient (Wildman–Crippen LogP) is 3.47. The first kappa shape index (κ1) is 19.7. The maximum absolute atomic E-state index is 13.4. The maximum atomic E-state index is 13.4. The molecule has 0 aliphatic heterocycles. The fourth-order valence-electron chi connectivity index (χ4n) is 2.99. The van der Waals surface area contributed by atoms with E-state index in [1.807, 2.05) is 47.8 Å². The molecule has 0 fully saturated rings. The number of carbonyl (C=O) groups is 1. The molecule has 3 aromatic heterocycles. The number of tetrazole rings is 1. The summed E-state index contributed by atoms with van der Waals surface area (Å²) in [6, 6.07) is 18.7. The highest BCUT2D eigenvalue weighted by atomic mass is 32.1. The lowest BCUT2D eigenvalue weighted by Gasteiger charge is -2.04. The third kappa shape index (κ3) is 3.88. The zero-order valence-electron chi connectivity index (χ0n) is 16.4. The second-order valence-corrected chi connectivity index (χ2v) is 7.49. The number of hydrogen-bond acceptors (Lipinski definition) is 8. The van der Waals surface area contributed by atoms with E-state index in [1.165, 1.54) is 32.8 Å². The van der Waals surface area contributed by atoms with Gasteiger partial charge in [-0.15, -0.1) is 21.5 Å². The summed E-state index contributed by atoms with van der Waals surface area (Å²) < 4.78 is 21.7. The SMILES string of the molecule is O=C(OCc1nnnn1-c1ccccc1)c1nc(-c2cccs2)n(-c2ccc(F)cc2)n1. The number of rotatable bonds is 6. The van der Waals surface area contributed by atoms with Crippen molar-refractivity contribution in [1.29, 1.82) is 0 Å². The van der Waals surface area contributed by atoms with E-state index < -0.39 is 5.97 Å². The summed E-state index contributed by atoms with van der Waals surface area (Å²) in [5, 5.41) is 17.7. The summed E-state index contributed by atoms with van der Waals surface area (Å²) in [5.41, 5.74) is 1.30. The van der Waals surface area contributed by atoms with E-state index in [0.29, 0.717) is 17.3 Å². The van der Waals surface area contributed by atoms with Gasteiger partial charge in [-0.1, -0.05) is 24.3 Å². The van der Waals surface area contributed by atoms with Crippen LogP contribution in [0.5, 0.6) is 0 Å². The Labute approximate surface area is 184 Å². The Morgan fingerprint density at radius 2 is 1.75 bits per heavy atom. The van der Waals surface area contributed by atoms with E-state index in [-0.39, 0.29) is 18.2 Å². The van der Waals surface area contributed by atoms with E-state index in [1.54, 1.807) is 12.1 Å². The number of halogens is 1. The molecular formula is C21H14FN7O2S. The summed E-state index contributed by atoms with van der Waals surface area (Å²) >= 11 is 1.44. The molecule has 5 aromatic rings. The van der Waals surface area contributed by atoms with Crippen molar-refractivity contribution in [2.75, 3.05) is 0 Å². The van der Waals surface area contributed by atoms with Gasteiger partial charge in [0.05, 0.1) is 16.3 Å².